The second-order valence-electron chi connectivity index (χ2n) is 9.72. The van der Waals surface area contributed by atoms with E-state index in [-0.39, 0.29) is 11.9 Å². The van der Waals surface area contributed by atoms with Gasteiger partial charge < -0.3 is 25.2 Å². The van der Waals surface area contributed by atoms with Crippen LogP contribution in [0.15, 0.2) is 30.3 Å². The second-order valence-corrected chi connectivity index (χ2v) is 9.72. The maximum Gasteiger partial charge on any atom is 0.490 e. The van der Waals surface area contributed by atoms with Crippen LogP contribution in [0.25, 0.3) is 0 Å². The zero-order chi connectivity index (χ0) is 33.1. The molecule has 2 aromatic rings. The summed E-state index contributed by atoms with van der Waals surface area (Å²) < 4.78 is 68.7. The van der Waals surface area contributed by atoms with Crippen LogP contribution in [0.4, 0.5) is 32.2 Å². The van der Waals surface area contributed by atoms with Gasteiger partial charge in [-0.05, 0) is 49.6 Å². The molecule has 0 bridgehead atoms. The van der Waals surface area contributed by atoms with E-state index < -0.39 is 24.3 Å². The highest BCUT2D eigenvalue weighted by molar-refractivity contribution is 5.98. The first kappa shape index (κ1) is 36.9. The van der Waals surface area contributed by atoms with Crippen molar-refractivity contribution < 1.29 is 55.7 Å². The Morgan fingerprint density at radius 1 is 0.977 bits per heavy atom. The predicted octanol–water partition coefficient (Wildman–Crippen LogP) is 4.48. The predicted molar refractivity (Wildman–Crippen MR) is 144 cm³/mol. The number of rotatable bonds is 6. The molecule has 0 atom stereocenters. The van der Waals surface area contributed by atoms with E-state index in [1.807, 2.05) is 18.2 Å². The quantitative estimate of drug-likeness (QED) is 0.398. The van der Waals surface area contributed by atoms with Gasteiger partial charge in [-0.3, -0.25) is 9.69 Å². The molecule has 1 aromatic heterocycles. The Balaban J connectivity index is 0.000000548. The fourth-order valence-electron chi connectivity index (χ4n) is 3.61. The zero-order valence-corrected chi connectivity index (χ0v) is 24.1. The molecule has 16 heteroatoms. The third-order valence-corrected chi connectivity index (χ3v) is 5.67. The number of hydrogen-bond acceptors (Lipinski definition) is 7. The Hall–Kier alpha value is -4.08. The molecule has 0 saturated heterocycles. The third-order valence-electron chi connectivity index (χ3n) is 5.67. The van der Waals surface area contributed by atoms with Crippen LogP contribution in [-0.2, 0) is 29.0 Å². The number of alkyl halides is 6. The van der Waals surface area contributed by atoms with Gasteiger partial charge in [-0.1, -0.05) is 12.1 Å². The number of halogens is 6. The van der Waals surface area contributed by atoms with Gasteiger partial charge in [0.1, 0.15) is 11.6 Å². The number of carbonyl (C=O) groups excluding carboxylic acids is 1. The van der Waals surface area contributed by atoms with E-state index in [2.05, 4.69) is 36.2 Å². The summed E-state index contributed by atoms with van der Waals surface area (Å²) in [4.78, 5) is 39.4. The Bertz CT molecular complexity index is 1210. The van der Waals surface area contributed by atoms with E-state index in [0.717, 1.165) is 43.9 Å². The molecular weight excluding hydrogens is 590 g/mol. The first-order chi connectivity index (χ1) is 19.8. The van der Waals surface area contributed by atoms with Crippen LogP contribution in [0.1, 0.15) is 41.0 Å². The standard InChI is InChI=1S/C23H32N4O2.2C2HF3O2/c1-16(2)24-22-20(23(28)26(3)4)14-18-10-12-27(13-11-21(18)25-22)15-17-6-8-19(29-5)9-7-17;2*3-2(4,5)1(6)7/h6-9,14,16H,10-13,15H2,1-5H3,(H,24,25);2*(H,6,7). The minimum atomic E-state index is -5.08. The number of carbonyl (C=O) groups is 3. The fraction of sp³-hybridized carbons (Fsp3) is 0.481. The summed E-state index contributed by atoms with van der Waals surface area (Å²) in [5.41, 5.74) is 4.21. The average molecular weight is 625 g/mol. The van der Waals surface area contributed by atoms with Crippen LogP contribution in [0.3, 0.4) is 0 Å². The first-order valence-electron chi connectivity index (χ1n) is 12.7. The summed E-state index contributed by atoms with van der Waals surface area (Å²) in [5.74, 6) is -3.95. The maximum atomic E-state index is 12.7. The molecule has 0 radical (unpaired) electrons. The van der Waals surface area contributed by atoms with E-state index in [9.17, 15) is 31.1 Å². The number of anilines is 1. The molecule has 3 rings (SSSR count). The summed E-state index contributed by atoms with van der Waals surface area (Å²) in [6.45, 7) is 6.93. The van der Waals surface area contributed by atoms with E-state index in [0.29, 0.717) is 11.4 Å². The van der Waals surface area contributed by atoms with Crippen molar-refractivity contribution >= 4 is 23.7 Å². The lowest BCUT2D eigenvalue weighted by atomic mass is 10.0. The number of nitrogens with zero attached hydrogens (tertiary/aromatic N) is 3. The topological polar surface area (TPSA) is 132 Å². The van der Waals surface area contributed by atoms with Crippen molar-refractivity contribution in [3.05, 3.63) is 52.7 Å². The number of hydrogen-bond donors (Lipinski definition) is 3. The summed E-state index contributed by atoms with van der Waals surface area (Å²) in [6, 6.07) is 10.5. The number of carboxylic acid groups (broad SMARTS) is 2. The van der Waals surface area contributed by atoms with Gasteiger partial charge in [-0.15, -0.1) is 0 Å². The first-order valence-corrected chi connectivity index (χ1v) is 12.7. The van der Waals surface area contributed by atoms with E-state index in [1.165, 1.54) is 11.1 Å². The van der Waals surface area contributed by atoms with Gasteiger partial charge in [0.25, 0.3) is 5.91 Å². The van der Waals surface area contributed by atoms with Gasteiger partial charge in [0.2, 0.25) is 0 Å². The molecule has 1 amide bonds. The molecule has 2 heterocycles. The fourth-order valence-corrected chi connectivity index (χ4v) is 3.61. The number of aliphatic carboxylic acids is 2. The van der Waals surface area contributed by atoms with Gasteiger partial charge in [-0.25, -0.2) is 14.6 Å². The number of nitrogens with one attached hydrogen (secondary N) is 1. The van der Waals surface area contributed by atoms with Crippen LogP contribution >= 0.6 is 0 Å². The van der Waals surface area contributed by atoms with Crippen molar-refractivity contribution in [1.29, 1.82) is 0 Å². The normalized spacial score (nSPS) is 13.3. The minimum absolute atomic E-state index is 0.0113. The van der Waals surface area contributed by atoms with Gasteiger partial charge in [0.05, 0.1) is 12.7 Å². The van der Waals surface area contributed by atoms with Gasteiger partial charge in [-0.2, -0.15) is 26.3 Å². The summed E-state index contributed by atoms with van der Waals surface area (Å²) in [6.07, 6.45) is -8.39. The summed E-state index contributed by atoms with van der Waals surface area (Å²) >= 11 is 0. The highest BCUT2D eigenvalue weighted by Gasteiger charge is 2.38. The Kier molecular flexibility index (Phi) is 13.7. The van der Waals surface area contributed by atoms with Crippen LogP contribution in [0.5, 0.6) is 5.75 Å². The molecule has 43 heavy (non-hydrogen) atoms. The number of methoxy groups -OCH3 is 1. The van der Waals surface area contributed by atoms with Crippen LogP contribution in [-0.4, -0.2) is 95.5 Å². The smallest absolute Gasteiger partial charge is 0.490 e. The number of carboxylic acids is 2. The van der Waals surface area contributed by atoms with Crippen molar-refractivity contribution in [3.63, 3.8) is 0 Å². The SMILES string of the molecule is COc1ccc(CN2CCc3cc(C(=O)N(C)C)c(NC(C)C)nc3CC2)cc1.O=C(O)C(F)(F)F.O=C(O)C(F)(F)F. The van der Waals surface area contributed by atoms with Crippen molar-refractivity contribution in [2.24, 2.45) is 0 Å². The molecule has 1 aliphatic rings. The Morgan fingerprint density at radius 3 is 1.88 bits per heavy atom. The van der Waals surface area contributed by atoms with E-state index in [1.54, 1.807) is 26.1 Å². The number of aromatic nitrogens is 1. The highest BCUT2D eigenvalue weighted by atomic mass is 19.4. The lowest BCUT2D eigenvalue weighted by Crippen LogP contribution is -2.25. The highest BCUT2D eigenvalue weighted by Crippen LogP contribution is 2.24. The molecule has 1 aromatic carbocycles. The zero-order valence-electron chi connectivity index (χ0n) is 24.1. The minimum Gasteiger partial charge on any atom is -0.497 e. The van der Waals surface area contributed by atoms with E-state index in [4.69, 9.17) is 29.5 Å². The molecule has 0 aliphatic carbocycles. The lowest BCUT2D eigenvalue weighted by molar-refractivity contribution is -0.193. The van der Waals surface area contributed by atoms with Crippen LogP contribution in [0, 0.1) is 0 Å². The number of fused-ring (bicyclic) bond motifs is 1. The maximum absolute atomic E-state index is 12.7. The Labute approximate surface area is 244 Å². The molecule has 1 aliphatic heterocycles. The molecule has 240 valence electrons. The number of ether oxygens (including phenoxy) is 1. The molecule has 0 saturated carbocycles. The number of benzene rings is 1. The summed E-state index contributed by atoms with van der Waals surface area (Å²) in [7, 11) is 5.25. The van der Waals surface area contributed by atoms with Gasteiger partial charge in [0.15, 0.2) is 0 Å². The monoisotopic (exact) mass is 624 g/mol. The Morgan fingerprint density at radius 2 is 1.47 bits per heavy atom. The molecule has 3 N–H and O–H groups in total. The third kappa shape index (κ3) is 12.8. The molecule has 0 unspecified atom stereocenters. The van der Waals surface area contributed by atoms with Crippen molar-refractivity contribution in [3.8, 4) is 5.75 Å². The largest absolute Gasteiger partial charge is 0.497 e. The number of pyridine rings is 1. The van der Waals surface area contributed by atoms with Gasteiger partial charge in [0, 0.05) is 51.9 Å². The van der Waals surface area contributed by atoms with Crippen molar-refractivity contribution in [1.82, 2.24) is 14.8 Å². The number of amides is 1. The second kappa shape index (κ2) is 16.0. The molecular formula is C27H34F6N4O6. The van der Waals surface area contributed by atoms with Crippen LogP contribution in [0.2, 0.25) is 0 Å². The summed E-state index contributed by atoms with van der Waals surface area (Å²) in [5, 5.41) is 17.6. The average Bonchev–Trinajstić information content (AvgIpc) is 3.09. The van der Waals surface area contributed by atoms with Crippen molar-refractivity contribution in [2.45, 2.75) is 51.6 Å². The lowest BCUT2D eigenvalue weighted by Gasteiger charge is -2.19. The van der Waals surface area contributed by atoms with Crippen LogP contribution < -0.4 is 10.1 Å². The van der Waals surface area contributed by atoms with E-state index >= 15 is 0 Å². The molecule has 0 fully saturated rings. The van der Waals surface area contributed by atoms with Gasteiger partial charge >= 0.3 is 24.3 Å². The molecule has 10 nitrogen and oxygen atoms in total. The van der Waals surface area contributed by atoms with Crippen molar-refractivity contribution in [2.75, 3.05) is 39.6 Å². The molecule has 0 spiro atoms.